The lowest BCUT2D eigenvalue weighted by Crippen LogP contribution is -2.29. The van der Waals surface area contributed by atoms with Gasteiger partial charge >= 0.3 is 5.97 Å². The van der Waals surface area contributed by atoms with Gasteiger partial charge in [-0.2, -0.15) is 0 Å². The van der Waals surface area contributed by atoms with Crippen LogP contribution in [-0.4, -0.2) is 24.1 Å². The Bertz CT molecular complexity index is 495. The van der Waals surface area contributed by atoms with Crippen LogP contribution in [0.25, 0.3) is 0 Å². The van der Waals surface area contributed by atoms with Crippen molar-refractivity contribution in [2.24, 2.45) is 0 Å². The van der Waals surface area contributed by atoms with Gasteiger partial charge in [0, 0.05) is 16.9 Å². The molecule has 4 heteroatoms. The van der Waals surface area contributed by atoms with E-state index >= 15 is 0 Å². The van der Waals surface area contributed by atoms with Gasteiger partial charge < -0.3 is 9.47 Å². The molecule has 0 aromatic heterocycles. The third-order valence-electron chi connectivity index (χ3n) is 3.26. The molecule has 1 aromatic rings. The summed E-state index contributed by atoms with van der Waals surface area (Å²) in [7, 11) is 0. The van der Waals surface area contributed by atoms with E-state index in [0.29, 0.717) is 6.61 Å². The monoisotopic (exact) mass is 262 g/mol. The number of fused-ring (bicyclic) bond motifs is 1. The summed E-state index contributed by atoms with van der Waals surface area (Å²) in [5.41, 5.74) is 1.95. The second kappa shape index (κ2) is 4.78. The van der Waals surface area contributed by atoms with Crippen LogP contribution in [0.3, 0.4) is 0 Å². The predicted molar refractivity (Wildman–Crippen MR) is 69.2 cm³/mol. The summed E-state index contributed by atoms with van der Waals surface area (Å²) in [6.45, 7) is 2.32. The van der Waals surface area contributed by atoms with Crippen molar-refractivity contribution in [2.45, 2.75) is 29.8 Å². The molecule has 2 aliphatic heterocycles. The predicted octanol–water partition coefficient (Wildman–Crippen LogP) is 2.77. The van der Waals surface area contributed by atoms with Gasteiger partial charge in [-0.3, -0.25) is 0 Å². The van der Waals surface area contributed by atoms with Crippen LogP contribution in [0, 0.1) is 0 Å². The quantitative estimate of drug-likeness (QED) is 0.768. The Morgan fingerprint density at radius 1 is 1.28 bits per heavy atom. The molecular formula is C14H14O3S. The second-order valence-corrected chi connectivity index (χ2v) is 5.67. The van der Waals surface area contributed by atoms with E-state index in [1.807, 2.05) is 25.1 Å². The van der Waals surface area contributed by atoms with E-state index < -0.39 is 0 Å². The molecule has 0 unspecified atom stereocenters. The highest BCUT2D eigenvalue weighted by Crippen LogP contribution is 2.37. The number of thioether (sulfide) groups is 1. The zero-order valence-corrected chi connectivity index (χ0v) is 10.9. The normalized spacial score (nSPS) is 27.1. The first-order valence-electron chi connectivity index (χ1n) is 5.98. The maximum absolute atomic E-state index is 11.5. The van der Waals surface area contributed by atoms with Gasteiger partial charge in [0.2, 0.25) is 0 Å². The Hall–Kier alpha value is -1.26. The Kier molecular flexibility index (Phi) is 3.14. The van der Waals surface area contributed by atoms with Gasteiger partial charge in [-0.15, -0.1) is 0 Å². The number of rotatable bonds is 2. The number of ether oxygens (including phenoxy) is 2. The minimum absolute atomic E-state index is 0.0723. The third-order valence-corrected chi connectivity index (χ3v) is 4.37. The van der Waals surface area contributed by atoms with Crippen LogP contribution in [0.15, 0.2) is 46.4 Å². The van der Waals surface area contributed by atoms with Crippen LogP contribution in [0.4, 0.5) is 0 Å². The fourth-order valence-corrected chi connectivity index (χ4v) is 3.27. The maximum atomic E-state index is 11.5. The lowest BCUT2D eigenvalue weighted by atomic mass is 10.0. The molecule has 0 N–H and O–H groups in total. The summed E-state index contributed by atoms with van der Waals surface area (Å²) >= 11 is 1.69. The van der Waals surface area contributed by atoms with Gasteiger partial charge in [-0.05, 0) is 24.6 Å². The molecule has 94 valence electrons. The molecule has 0 saturated carbocycles. The molecule has 0 spiro atoms. The lowest BCUT2D eigenvalue weighted by Gasteiger charge is -2.27. The van der Waals surface area contributed by atoms with Crippen molar-refractivity contribution in [3.8, 4) is 0 Å². The highest BCUT2D eigenvalue weighted by Gasteiger charge is 2.37. The van der Waals surface area contributed by atoms with Crippen molar-refractivity contribution in [2.75, 3.05) is 6.61 Å². The van der Waals surface area contributed by atoms with E-state index in [9.17, 15) is 4.79 Å². The standard InChI is InChI=1S/C14H14O3S/c1-9-11-7-13(16-8-12(11)17-14(9)15)18-10-5-3-2-4-6-10/h2-6,12-13H,7-8H2,1H3/t12-,13-/m1/s1. The van der Waals surface area contributed by atoms with Crippen LogP contribution in [0.2, 0.25) is 0 Å². The first-order valence-corrected chi connectivity index (χ1v) is 6.86. The molecule has 0 amide bonds. The van der Waals surface area contributed by atoms with E-state index in [1.54, 1.807) is 11.8 Å². The van der Waals surface area contributed by atoms with E-state index in [1.165, 1.54) is 4.90 Å². The molecule has 1 saturated heterocycles. The number of carbonyl (C=O) groups is 1. The van der Waals surface area contributed by atoms with Crippen LogP contribution in [-0.2, 0) is 14.3 Å². The summed E-state index contributed by atoms with van der Waals surface area (Å²) in [6, 6.07) is 10.2. The summed E-state index contributed by atoms with van der Waals surface area (Å²) in [4.78, 5) is 12.6. The zero-order chi connectivity index (χ0) is 12.5. The number of benzene rings is 1. The number of carbonyl (C=O) groups excluding carboxylic acids is 1. The Balaban J connectivity index is 1.72. The SMILES string of the molecule is CC1=C2C[C@@H](Sc3ccccc3)OC[C@H]2OC1=O. The van der Waals surface area contributed by atoms with Crippen LogP contribution in [0.5, 0.6) is 0 Å². The molecule has 2 aliphatic rings. The first kappa shape index (κ1) is 11.8. The largest absolute Gasteiger partial charge is 0.452 e. The molecule has 2 heterocycles. The Labute approximate surface area is 110 Å². The Morgan fingerprint density at radius 3 is 2.83 bits per heavy atom. The van der Waals surface area contributed by atoms with Crippen molar-refractivity contribution >= 4 is 17.7 Å². The molecule has 1 aromatic carbocycles. The summed E-state index contributed by atoms with van der Waals surface area (Å²) in [5.74, 6) is -0.191. The first-order chi connectivity index (χ1) is 8.74. The van der Waals surface area contributed by atoms with Gasteiger partial charge in [-0.1, -0.05) is 30.0 Å². The molecule has 0 bridgehead atoms. The van der Waals surface area contributed by atoms with Gasteiger partial charge in [0.05, 0.1) is 6.61 Å². The van der Waals surface area contributed by atoms with E-state index in [2.05, 4.69) is 12.1 Å². The number of esters is 1. The number of hydrogen-bond donors (Lipinski definition) is 0. The van der Waals surface area contributed by atoms with Gasteiger partial charge in [0.1, 0.15) is 11.5 Å². The molecular weight excluding hydrogens is 248 g/mol. The fraction of sp³-hybridized carbons (Fsp3) is 0.357. The third kappa shape index (κ3) is 2.18. The highest BCUT2D eigenvalue weighted by atomic mass is 32.2. The lowest BCUT2D eigenvalue weighted by molar-refractivity contribution is -0.143. The van der Waals surface area contributed by atoms with Gasteiger partial charge in [-0.25, -0.2) is 4.79 Å². The van der Waals surface area contributed by atoms with Crippen molar-refractivity contribution in [1.82, 2.24) is 0 Å². The topological polar surface area (TPSA) is 35.5 Å². The van der Waals surface area contributed by atoms with Crippen molar-refractivity contribution in [1.29, 1.82) is 0 Å². The van der Waals surface area contributed by atoms with Gasteiger partial charge in [0.15, 0.2) is 0 Å². The minimum Gasteiger partial charge on any atom is -0.452 e. The van der Waals surface area contributed by atoms with Crippen molar-refractivity contribution in [3.63, 3.8) is 0 Å². The fourth-order valence-electron chi connectivity index (χ4n) is 2.24. The second-order valence-electron chi connectivity index (χ2n) is 4.44. The summed E-state index contributed by atoms with van der Waals surface area (Å²) < 4.78 is 11.0. The highest BCUT2D eigenvalue weighted by molar-refractivity contribution is 7.99. The van der Waals surface area contributed by atoms with Crippen molar-refractivity contribution in [3.05, 3.63) is 41.5 Å². The molecule has 2 atom stereocenters. The molecule has 3 nitrogen and oxygen atoms in total. The summed E-state index contributed by atoms with van der Waals surface area (Å²) in [6.07, 6.45) is 0.618. The molecule has 18 heavy (non-hydrogen) atoms. The number of hydrogen-bond acceptors (Lipinski definition) is 4. The zero-order valence-electron chi connectivity index (χ0n) is 10.1. The van der Waals surface area contributed by atoms with E-state index in [-0.39, 0.29) is 17.5 Å². The van der Waals surface area contributed by atoms with Crippen LogP contribution < -0.4 is 0 Å². The molecule has 3 rings (SSSR count). The van der Waals surface area contributed by atoms with Gasteiger partial charge in [0.25, 0.3) is 0 Å². The smallest absolute Gasteiger partial charge is 0.334 e. The van der Waals surface area contributed by atoms with Crippen LogP contribution in [0.1, 0.15) is 13.3 Å². The van der Waals surface area contributed by atoms with Crippen LogP contribution >= 0.6 is 11.8 Å². The maximum Gasteiger partial charge on any atom is 0.334 e. The average Bonchev–Trinajstić information content (AvgIpc) is 2.67. The van der Waals surface area contributed by atoms with E-state index in [4.69, 9.17) is 9.47 Å². The van der Waals surface area contributed by atoms with E-state index in [0.717, 1.165) is 17.6 Å². The molecule has 0 aliphatic carbocycles. The average molecular weight is 262 g/mol. The van der Waals surface area contributed by atoms with Crippen molar-refractivity contribution < 1.29 is 14.3 Å². The minimum atomic E-state index is -0.191. The molecule has 0 radical (unpaired) electrons. The Morgan fingerprint density at radius 2 is 2.06 bits per heavy atom. The summed E-state index contributed by atoms with van der Waals surface area (Å²) in [5, 5.41) is 0. The molecule has 1 fully saturated rings.